The number of alkyl carbamates (subject to hydrolysis) is 1. The van der Waals surface area contributed by atoms with Gasteiger partial charge in [0.05, 0.1) is 6.42 Å². The molecule has 3 aromatic carbocycles. The molecule has 0 aromatic heterocycles. The smallest absolute Gasteiger partial charge is 0.407 e. The van der Waals surface area contributed by atoms with E-state index in [4.69, 9.17) is 4.74 Å². The molecule has 3 aromatic rings. The molecule has 0 spiro atoms. The number of carbonyl (C=O) groups is 3. The summed E-state index contributed by atoms with van der Waals surface area (Å²) in [5.41, 5.74) is 5.24. The molecule has 1 aliphatic rings. The van der Waals surface area contributed by atoms with Gasteiger partial charge < -0.3 is 20.1 Å². The minimum atomic E-state index is -1.23. The van der Waals surface area contributed by atoms with Crippen LogP contribution in [0.1, 0.15) is 29.0 Å². The maximum absolute atomic E-state index is 12.9. The lowest BCUT2D eigenvalue weighted by molar-refractivity contribution is -0.142. The van der Waals surface area contributed by atoms with Crippen LogP contribution in [-0.2, 0) is 20.9 Å². The van der Waals surface area contributed by atoms with Crippen molar-refractivity contribution < 1.29 is 24.2 Å². The second kappa shape index (κ2) is 10.2. The molecule has 2 amide bonds. The third kappa shape index (κ3) is 5.09. The summed E-state index contributed by atoms with van der Waals surface area (Å²) in [5.74, 6) is -1.82. The predicted octanol–water partition coefficient (Wildman–Crippen LogP) is 4.03. The molecule has 7 heteroatoms. The van der Waals surface area contributed by atoms with Crippen molar-refractivity contribution in [3.05, 3.63) is 95.6 Å². The molecule has 0 radical (unpaired) electrons. The first-order valence-corrected chi connectivity index (χ1v) is 11.1. The van der Waals surface area contributed by atoms with Gasteiger partial charge in [-0.3, -0.25) is 9.59 Å². The Hall–Kier alpha value is -4.13. The average molecular weight is 459 g/mol. The number of nitrogens with one attached hydrogen (secondary N) is 1. The molecule has 4 rings (SSSR count). The minimum absolute atomic E-state index is 0.0771. The maximum atomic E-state index is 12.9. The number of hydrogen-bond donors (Lipinski definition) is 2. The summed E-state index contributed by atoms with van der Waals surface area (Å²) < 4.78 is 5.49. The molecule has 0 heterocycles. The van der Waals surface area contributed by atoms with Crippen molar-refractivity contribution >= 4 is 18.0 Å². The van der Waals surface area contributed by atoms with Crippen LogP contribution in [0.25, 0.3) is 11.1 Å². The van der Waals surface area contributed by atoms with Crippen LogP contribution in [0.2, 0.25) is 0 Å². The van der Waals surface area contributed by atoms with Gasteiger partial charge in [0.25, 0.3) is 0 Å². The highest BCUT2D eigenvalue weighted by molar-refractivity contribution is 5.89. The molecule has 0 fully saturated rings. The fourth-order valence-electron chi connectivity index (χ4n) is 4.36. The molecule has 0 saturated carbocycles. The highest BCUT2D eigenvalue weighted by Crippen LogP contribution is 2.44. The molecule has 1 atom stereocenters. The van der Waals surface area contributed by atoms with E-state index in [2.05, 4.69) is 5.32 Å². The first-order valence-electron chi connectivity index (χ1n) is 11.1. The van der Waals surface area contributed by atoms with Crippen LogP contribution in [0.15, 0.2) is 78.9 Å². The van der Waals surface area contributed by atoms with Gasteiger partial charge in [-0.25, -0.2) is 4.79 Å². The van der Waals surface area contributed by atoms with Gasteiger partial charge in [0.1, 0.15) is 12.6 Å². The van der Waals surface area contributed by atoms with Crippen molar-refractivity contribution in [1.82, 2.24) is 10.2 Å². The van der Waals surface area contributed by atoms with E-state index >= 15 is 0 Å². The predicted molar refractivity (Wildman–Crippen MR) is 127 cm³/mol. The quantitative estimate of drug-likeness (QED) is 0.531. The van der Waals surface area contributed by atoms with Crippen molar-refractivity contribution in [2.45, 2.75) is 24.9 Å². The number of aliphatic carboxylic acids is 1. The summed E-state index contributed by atoms with van der Waals surface area (Å²) >= 11 is 0. The number of likely N-dealkylation sites (N-methyl/N-ethyl adjacent to an activating group) is 1. The fourth-order valence-corrected chi connectivity index (χ4v) is 4.36. The Morgan fingerprint density at radius 2 is 1.47 bits per heavy atom. The zero-order valence-electron chi connectivity index (χ0n) is 18.8. The number of carboxylic acids is 1. The van der Waals surface area contributed by atoms with Gasteiger partial charge in [-0.2, -0.15) is 0 Å². The van der Waals surface area contributed by atoms with Crippen molar-refractivity contribution in [3.8, 4) is 11.1 Å². The van der Waals surface area contributed by atoms with E-state index in [1.807, 2.05) is 78.9 Å². The van der Waals surface area contributed by atoms with Gasteiger partial charge in [-0.1, -0.05) is 78.9 Å². The van der Waals surface area contributed by atoms with E-state index in [1.165, 1.54) is 4.90 Å². The lowest BCUT2D eigenvalue weighted by Crippen LogP contribution is -2.48. The van der Waals surface area contributed by atoms with Crippen LogP contribution in [0, 0.1) is 0 Å². The minimum Gasteiger partial charge on any atom is -0.481 e. The van der Waals surface area contributed by atoms with Crippen LogP contribution in [-0.4, -0.2) is 47.7 Å². The lowest BCUT2D eigenvalue weighted by atomic mass is 9.98. The molecule has 1 aliphatic carbocycles. The van der Waals surface area contributed by atoms with Crippen LogP contribution in [0.5, 0.6) is 0 Å². The summed E-state index contributed by atoms with van der Waals surface area (Å²) in [4.78, 5) is 38.3. The monoisotopic (exact) mass is 458 g/mol. The van der Waals surface area contributed by atoms with Gasteiger partial charge in [-0.05, 0) is 27.8 Å². The summed E-state index contributed by atoms with van der Waals surface area (Å²) in [7, 11) is 1.57. The number of fused-ring (bicyclic) bond motifs is 3. The third-order valence-electron chi connectivity index (χ3n) is 5.95. The van der Waals surface area contributed by atoms with Crippen molar-refractivity contribution in [2.75, 3.05) is 13.7 Å². The molecular formula is C27H26N2O5. The molecule has 7 nitrogen and oxygen atoms in total. The van der Waals surface area contributed by atoms with E-state index < -0.39 is 30.4 Å². The van der Waals surface area contributed by atoms with E-state index in [9.17, 15) is 19.5 Å². The van der Waals surface area contributed by atoms with Gasteiger partial charge in [0.2, 0.25) is 5.91 Å². The Morgan fingerprint density at radius 3 is 2.06 bits per heavy atom. The number of rotatable bonds is 8. The zero-order chi connectivity index (χ0) is 24.1. The largest absolute Gasteiger partial charge is 0.481 e. The molecule has 0 aliphatic heterocycles. The zero-order valence-corrected chi connectivity index (χ0v) is 18.8. The van der Waals surface area contributed by atoms with Gasteiger partial charge >= 0.3 is 12.1 Å². The summed E-state index contributed by atoms with van der Waals surface area (Å²) in [6.45, 7) is 0.371. The summed E-state index contributed by atoms with van der Waals surface area (Å²) in [5, 5.41) is 11.7. The normalized spacial score (nSPS) is 12.9. The van der Waals surface area contributed by atoms with Gasteiger partial charge in [0, 0.05) is 19.5 Å². The van der Waals surface area contributed by atoms with Crippen LogP contribution in [0.3, 0.4) is 0 Å². The standard InChI is InChI=1S/C27H26N2O5/c1-29(16-18-9-3-2-4-10-18)26(32)24(15-25(30)31)28-27(33)34-17-23-21-13-7-5-11-19(21)20-12-6-8-14-22(20)23/h2-14,23-24H,15-17H2,1H3,(H,28,33)(H,30,31). The number of carboxylic acid groups (broad SMARTS) is 1. The molecule has 1 unspecified atom stereocenters. The summed E-state index contributed by atoms with van der Waals surface area (Å²) in [6, 6.07) is 24.0. The third-order valence-corrected chi connectivity index (χ3v) is 5.95. The Bertz CT molecular complexity index is 1150. The van der Waals surface area contributed by atoms with Gasteiger partial charge in [-0.15, -0.1) is 0 Å². The lowest BCUT2D eigenvalue weighted by Gasteiger charge is -2.24. The second-order valence-corrected chi connectivity index (χ2v) is 8.30. The van der Waals surface area contributed by atoms with Crippen molar-refractivity contribution in [2.24, 2.45) is 0 Å². The van der Waals surface area contributed by atoms with Gasteiger partial charge in [0.15, 0.2) is 0 Å². The maximum Gasteiger partial charge on any atom is 0.407 e. The van der Waals surface area contributed by atoms with Crippen molar-refractivity contribution in [1.29, 1.82) is 0 Å². The first-order chi connectivity index (χ1) is 16.4. The van der Waals surface area contributed by atoms with E-state index in [0.717, 1.165) is 27.8 Å². The molecule has 2 N–H and O–H groups in total. The first kappa shape index (κ1) is 23.0. The molecular weight excluding hydrogens is 432 g/mol. The topological polar surface area (TPSA) is 95.9 Å². The Balaban J connectivity index is 1.42. The van der Waals surface area contributed by atoms with Crippen LogP contribution < -0.4 is 5.32 Å². The SMILES string of the molecule is CN(Cc1ccccc1)C(=O)C(CC(=O)O)NC(=O)OCC1c2ccccc2-c2ccccc21. The van der Waals surface area contributed by atoms with E-state index in [1.54, 1.807) is 7.05 Å². The number of benzene rings is 3. The highest BCUT2D eigenvalue weighted by atomic mass is 16.5. The van der Waals surface area contributed by atoms with Crippen molar-refractivity contribution in [3.63, 3.8) is 0 Å². The molecule has 0 bridgehead atoms. The molecule has 34 heavy (non-hydrogen) atoms. The highest BCUT2D eigenvalue weighted by Gasteiger charge is 2.31. The molecule has 174 valence electrons. The Kier molecular flexibility index (Phi) is 6.92. The second-order valence-electron chi connectivity index (χ2n) is 8.30. The number of ether oxygens (including phenoxy) is 1. The number of nitrogens with zero attached hydrogens (tertiary/aromatic N) is 1. The Morgan fingerprint density at radius 1 is 0.912 bits per heavy atom. The average Bonchev–Trinajstić information content (AvgIpc) is 3.16. The number of hydrogen-bond acceptors (Lipinski definition) is 4. The Labute approximate surface area is 198 Å². The fraction of sp³-hybridized carbons (Fsp3) is 0.222. The summed E-state index contributed by atoms with van der Waals surface area (Å²) in [6.07, 6.45) is -1.36. The van der Waals surface area contributed by atoms with E-state index in [0.29, 0.717) is 6.54 Å². The molecule has 0 saturated heterocycles. The van der Waals surface area contributed by atoms with Crippen LogP contribution >= 0.6 is 0 Å². The number of carbonyl (C=O) groups excluding carboxylic acids is 2. The van der Waals surface area contributed by atoms with E-state index in [-0.39, 0.29) is 12.5 Å². The van der Waals surface area contributed by atoms with Crippen LogP contribution in [0.4, 0.5) is 4.79 Å². The number of amides is 2.